The maximum Gasteiger partial charge on any atom is 0.251 e. The molecule has 1 aliphatic rings. The molecule has 3 aromatic carbocycles. The third-order valence-electron chi connectivity index (χ3n) is 9.65. The van der Waals surface area contributed by atoms with Crippen molar-refractivity contribution in [1.82, 2.24) is 26.2 Å². The van der Waals surface area contributed by atoms with E-state index in [1.807, 2.05) is 67.7 Å². The Bertz CT molecular complexity index is 1870. The molecule has 0 saturated carbocycles. The van der Waals surface area contributed by atoms with E-state index in [1.165, 1.54) is 17.7 Å². The van der Waals surface area contributed by atoms with E-state index in [2.05, 4.69) is 80.8 Å². The van der Waals surface area contributed by atoms with E-state index in [9.17, 15) is 9.69 Å². The van der Waals surface area contributed by atoms with Crippen molar-refractivity contribution in [1.29, 1.82) is 0 Å². The average Bonchev–Trinajstić information content (AvgIpc) is 3.88. The molecule has 1 amide bonds. The second kappa shape index (κ2) is 22.8. The van der Waals surface area contributed by atoms with Crippen molar-refractivity contribution in [2.45, 2.75) is 69.9 Å². The molecule has 5 rings (SSSR count). The Morgan fingerprint density at radius 1 is 1.00 bits per heavy atom. The van der Waals surface area contributed by atoms with Gasteiger partial charge in [0.05, 0.1) is 11.8 Å². The van der Waals surface area contributed by atoms with E-state index < -0.39 is 0 Å². The van der Waals surface area contributed by atoms with Gasteiger partial charge in [0.2, 0.25) is 0 Å². The molecular weight excluding hydrogens is 722 g/mol. The zero-order valence-electron chi connectivity index (χ0n) is 32.0. The summed E-state index contributed by atoms with van der Waals surface area (Å²) in [5.41, 5.74) is 6.64. The van der Waals surface area contributed by atoms with Gasteiger partial charge in [0, 0.05) is 62.4 Å². The van der Waals surface area contributed by atoms with Crippen LogP contribution in [0.4, 0.5) is 0 Å². The largest absolute Gasteiger partial charge is 0.481 e. The van der Waals surface area contributed by atoms with Crippen molar-refractivity contribution in [3.63, 3.8) is 0 Å². The van der Waals surface area contributed by atoms with Gasteiger partial charge in [-0.15, -0.1) is 11.3 Å². The molecule has 0 bridgehead atoms. The highest BCUT2D eigenvalue weighted by Crippen LogP contribution is 2.30. The van der Waals surface area contributed by atoms with Crippen LogP contribution in [0.15, 0.2) is 115 Å². The number of ether oxygens (including phenoxy) is 1. The Labute approximate surface area is 333 Å². The number of carbonyl (C=O) groups is 1. The highest BCUT2D eigenvalue weighted by Gasteiger charge is 2.20. The lowest BCUT2D eigenvalue weighted by atomic mass is 10.0. The molecule has 5 N–H and O–H groups in total. The van der Waals surface area contributed by atoms with Gasteiger partial charge < -0.3 is 30.5 Å². The predicted octanol–water partition coefficient (Wildman–Crippen LogP) is 7.89. The first-order valence-corrected chi connectivity index (χ1v) is 21.2. The van der Waals surface area contributed by atoms with Crippen LogP contribution in [0, 0.1) is 11.8 Å². The minimum atomic E-state index is -0.315. The Balaban J connectivity index is 1.18. The zero-order chi connectivity index (χ0) is 38.7. The predicted molar refractivity (Wildman–Crippen MR) is 229 cm³/mol. The summed E-state index contributed by atoms with van der Waals surface area (Å²) in [5, 5.41) is 15.5. The number of rotatable bonds is 22. The molecule has 2 heterocycles. The summed E-state index contributed by atoms with van der Waals surface area (Å²) in [4.78, 5) is 27.2. The molecule has 0 aliphatic carbocycles. The first kappa shape index (κ1) is 41.7. The molecule has 1 saturated heterocycles. The van der Waals surface area contributed by atoms with E-state index >= 15 is 0 Å². The van der Waals surface area contributed by atoms with Crippen molar-refractivity contribution < 1.29 is 14.4 Å². The summed E-state index contributed by atoms with van der Waals surface area (Å²) in [6.07, 6.45) is 7.27. The molecule has 3 unspecified atom stereocenters. The first-order chi connectivity index (χ1) is 26.9. The molecule has 1 aromatic heterocycles. The van der Waals surface area contributed by atoms with Crippen molar-refractivity contribution in [3.8, 4) is 17.6 Å². The van der Waals surface area contributed by atoms with Crippen LogP contribution in [-0.2, 0) is 19.5 Å². The summed E-state index contributed by atoms with van der Waals surface area (Å²) in [6.45, 7) is 13.1. The number of unbranched alkanes of at least 4 members (excludes halogenated alkanes) is 3. The Kier molecular flexibility index (Phi) is 17.3. The standard InChI is InChI=1S/C45H56N5O3PS/c1-34-13-10-26-50(34)33-38-16-9-18-40(30-38)44(51)49-43(35(2)47-25-7-5-4-6-24-46-3)31-37-15-8-14-36(29-37)17-11-27-53-41-22-20-39(21-23-41)45(54-52)48-32-42-19-12-28-55-42/h8-9,12,14-16,18-23,28-30,43,45-48,52,54H,1-2,4-7,10,13,24-27,31-33H2,3H3,(H,49,51). The van der Waals surface area contributed by atoms with Crippen LogP contribution < -0.4 is 26.0 Å². The summed E-state index contributed by atoms with van der Waals surface area (Å²) in [5.74, 6) is 6.86. The lowest BCUT2D eigenvalue weighted by Crippen LogP contribution is -2.41. The summed E-state index contributed by atoms with van der Waals surface area (Å²) >= 11 is 1.70. The van der Waals surface area contributed by atoms with E-state index in [4.69, 9.17) is 4.74 Å². The minimum absolute atomic E-state index is 0.120. The number of hydrogen-bond donors (Lipinski definition) is 5. The average molecular weight is 778 g/mol. The number of benzene rings is 3. The maximum absolute atomic E-state index is 13.7. The third kappa shape index (κ3) is 14.0. The van der Waals surface area contributed by atoms with Crippen LogP contribution in [0.3, 0.4) is 0 Å². The fraction of sp³-hybridized carbons (Fsp3) is 0.356. The molecule has 0 radical (unpaired) electrons. The van der Waals surface area contributed by atoms with Crippen molar-refractivity contribution in [3.05, 3.63) is 148 Å². The number of nitrogens with zero attached hydrogens (tertiary/aromatic N) is 1. The van der Waals surface area contributed by atoms with Gasteiger partial charge in [-0.1, -0.05) is 80.3 Å². The molecule has 290 valence electrons. The lowest BCUT2D eigenvalue weighted by molar-refractivity contribution is 0.0941. The molecule has 1 fully saturated rings. The SMILES string of the molecule is C=C(NCCCCCCNC)C(Cc1cccc(C#CCOc2ccc(C(NCc3cccs3)PO)cc2)c1)NC(=O)c1cccc(CN2CCCC2=C)c1. The van der Waals surface area contributed by atoms with E-state index in [0.29, 0.717) is 18.5 Å². The van der Waals surface area contributed by atoms with Crippen LogP contribution in [0.5, 0.6) is 5.75 Å². The number of carbonyl (C=O) groups excluding carboxylic acids is 1. The van der Waals surface area contributed by atoms with Crippen LogP contribution in [0.1, 0.15) is 81.8 Å². The van der Waals surface area contributed by atoms with Gasteiger partial charge in [0.1, 0.15) is 12.4 Å². The van der Waals surface area contributed by atoms with Gasteiger partial charge in [-0.05, 0) is 110 Å². The maximum atomic E-state index is 13.7. The summed E-state index contributed by atoms with van der Waals surface area (Å²) in [7, 11) is 1.74. The number of amides is 1. The molecule has 8 nitrogen and oxygen atoms in total. The smallest absolute Gasteiger partial charge is 0.251 e. The molecule has 10 heteroatoms. The first-order valence-electron chi connectivity index (χ1n) is 19.3. The molecule has 3 atom stereocenters. The van der Waals surface area contributed by atoms with Crippen LogP contribution in [0.25, 0.3) is 0 Å². The van der Waals surface area contributed by atoms with E-state index in [-0.39, 0.29) is 33.1 Å². The van der Waals surface area contributed by atoms with Gasteiger partial charge in [-0.3, -0.25) is 10.1 Å². The molecule has 1 aliphatic heterocycles. The number of allylic oxidation sites excluding steroid dienone is 1. The van der Waals surface area contributed by atoms with E-state index in [0.717, 1.165) is 91.3 Å². The molecule has 4 aromatic rings. The molecular formula is C45H56N5O3PS. The fourth-order valence-corrected chi connectivity index (χ4v) is 7.74. The second-order valence-corrected chi connectivity index (χ2v) is 15.7. The monoisotopic (exact) mass is 777 g/mol. The molecule has 55 heavy (non-hydrogen) atoms. The Morgan fingerprint density at radius 2 is 1.80 bits per heavy atom. The Morgan fingerprint density at radius 3 is 2.55 bits per heavy atom. The summed E-state index contributed by atoms with van der Waals surface area (Å²) < 4.78 is 5.92. The minimum Gasteiger partial charge on any atom is -0.481 e. The van der Waals surface area contributed by atoms with Crippen molar-refractivity contribution >= 4 is 26.1 Å². The van der Waals surface area contributed by atoms with E-state index in [1.54, 1.807) is 11.3 Å². The second-order valence-electron chi connectivity index (χ2n) is 13.9. The van der Waals surface area contributed by atoms with Gasteiger partial charge in [-0.2, -0.15) is 0 Å². The number of hydrogen-bond acceptors (Lipinski definition) is 8. The van der Waals surface area contributed by atoms with Crippen LogP contribution in [-0.4, -0.2) is 55.0 Å². The van der Waals surface area contributed by atoms with Gasteiger partial charge in [0.15, 0.2) is 0 Å². The highest BCUT2D eigenvalue weighted by atomic mass is 32.1. The number of thiophene rings is 1. The van der Waals surface area contributed by atoms with Gasteiger partial charge in [-0.25, -0.2) is 0 Å². The topological polar surface area (TPSA) is 97.9 Å². The lowest BCUT2D eigenvalue weighted by Gasteiger charge is -2.23. The van der Waals surface area contributed by atoms with Gasteiger partial charge in [0.25, 0.3) is 5.91 Å². The highest BCUT2D eigenvalue weighted by molar-refractivity contribution is 7.31. The van der Waals surface area contributed by atoms with Crippen LogP contribution >= 0.6 is 20.1 Å². The Hall–Kier alpha value is -4.42. The third-order valence-corrected chi connectivity index (χ3v) is 11.3. The quantitative estimate of drug-likeness (QED) is 0.0315. The zero-order valence-corrected chi connectivity index (χ0v) is 33.9. The fourth-order valence-electron chi connectivity index (χ4n) is 6.55. The summed E-state index contributed by atoms with van der Waals surface area (Å²) in [6, 6.07) is 27.6. The molecule has 0 spiro atoms. The van der Waals surface area contributed by atoms with Gasteiger partial charge >= 0.3 is 0 Å². The van der Waals surface area contributed by atoms with Crippen molar-refractivity contribution in [2.24, 2.45) is 0 Å². The number of nitrogens with one attached hydrogen (secondary N) is 4. The van der Waals surface area contributed by atoms with Crippen molar-refractivity contribution in [2.75, 3.05) is 33.3 Å². The number of likely N-dealkylation sites (tertiary alicyclic amines) is 1. The van der Waals surface area contributed by atoms with Crippen LogP contribution in [0.2, 0.25) is 0 Å². The normalized spacial score (nSPS) is 13.7.